The van der Waals surface area contributed by atoms with Crippen LogP contribution in [0.5, 0.6) is 0 Å². The van der Waals surface area contributed by atoms with Crippen LogP contribution in [0, 0.1) is 0 Å². The molecule has 0 bridgehead atoms. The Hall–Kier alpha value is -1.39. The second kappa shape index (κ2) is 8.80. The maximum absolute atomic E-state index is 11.9. The predicted molar refractivity (Wildman–Crippen MR) is 82.3 cm³/mol. The number of rotatable bonds is 7. The van der Waals surface area contributed by atoms with Crippen LogP contribution < -0.4 is 0 Å². The molecule has 1 fully saturated rings. The van der Waals surface area contributed by atoms with Crippen molar-refractivity contribution in [3.8, 4) is 0 Å². The number of benzene rings is 1. The van der Waals surface area contributed by atoms with E-state index in [0.717, 1.165) is 52.1 Å². The number of ether oxygens (including phenoxy) is 2. The van der Waals surface area contributed by atoms with Gasteiger partial charge in [-0.3, -0.25) is 4.90 Å². The molecule has 1 heterocycles. The molecule has 4 heteroatoms. The lowest BCUT2D eigenvalue weighted by molar-refractivity contribution is 0.0342. The molecule has 0 aliphatic carbocycles. The van der Waals surface area contributed by atoms with Crippen molar-refractivity contribution in [2.24, 2.45) is 0 Å². The summed E-state index contributed by atoms with van der Waals surface area (Å²) < 4.78 is 10.6. The first-order chi connectivity index (χ1) is 10.3. The van der Waals surface area contributed by atoms with E-state index in [0.29, 0.717) is 12.2 Å². The monoisotopic (exact) mass is 291 g/mol. The number of carbonyl (C=O) groups is 1. The largest absolute Gasteiger partial charge is 0.462 e. The van der Waals surface area contributed by atoms with Crippen molar-refractivity contribution in [2.75, 3.05) is 32.9 Å². The molecule has 1 aromatic rings. The maximum atomic E-state index is 11.9. The third-order valence-corrected chi connectivity index (χ3v) is 3.68. The lowest BCUT2D eigenvalue weighted by atomic mass is 10.1. The molecular formula is C17H25NO3. The highest BCUT2D eigenvalue weighted by Gasteiger charge is 2.11. The average Bonchev–Trinajstić information content (AvgIpc) is 2.53. The molecule has 21 heavy (non-hydrogen) atoms. The van der Waals surface area contributed by atoms with Gasteiger partial charge in [-0.15, -0.1) is 0 Å². The fourth-order valence-corrected chi connectivity index (χ4v) is 2.36. The van der Waals surface area contributed by atoms with Crippen LogP contribution in [0.15, 0.2) is 24.3 Å². The Morgan fingerprint density at radius 3 is 2.57 bits per heavy atom. The summed E-state index contributed by atoms with van der Waals surface area (Å²) in [5, 5.41) is 0. The van der Waals surface area contributed by atoms with Gasteiger partial charge in [0, 0.05) is 19.6 Å². The number of morpholine rings is 1. The molecule has 1 aliphatic heterocycles. The first kappa shape index (κ1) is 16.0. The van der Waals surface area contributed by atoms with Crippen molar-refractivity contribution in [3.63, 3.8) is 0 Å². The van der Waals surface area contributed by atoms with Gasteiger partial charge in [-0.2, -0.15) is 0 Å². The smallest absolute Gasteiger partial charge is 0.338 e. The number of esters is 1. The van der Waals surface area contributed by atoms with Gasteiger partial charge in [-0.25, -0.2) is 4.79 Å². The van der Waals surface area contributed by atoms with E-state index in [1.165, 1.54) is 5.56 Å². The summed E-state index contributed by atoms with van der Waals surface area (Å²) in [6.07, 6.45) is 3.18. The number of hydrogen-bond acceptors (Lipinski definition) is 4. The summed E-state index contributed by atoms with van der Waals surface area (Å²) in [4.78, 5) is 14.2. The molecule has 0 N–H and O–H groups in total. The van der Waals surface area contributed by atoms with Gasteiger partial charge in [0.15, 0.2) is 0 Å². The first-order valence-electron chi connectivity index (χ1n) is 7.85. The fraction of sp³-hybridized carbons (Fsp3) is 0.588. The predicted octanol–water partition coefficient (Wildman–Crippen LogP) is 2.87. The Morgan fingerprint density at radius 1 is 1.19 bits per heavy atom. The lowest BCUT2D eigenvalue weighted by Gasteiger charge is -2.26. The van der Waals surface area contributed by atoms with E-state index in [1.807, 2.05) is 24.3 Å². The fourth-order valence-electron chi connectivity index (χ4n) is 2.36. The van der Waals surface area contributed by atoms with E-state index in [4.69, 9.17) is 9.47 Å². The minimum Gasteiger partial charge on any atom is -0.462 e. The van der Waals surface area contributed by atoms with Crippen LogP contribution in [0.3, 0.4) is 0 Å². The van der Waals surface area contributed by atoms with Crippen molar-refractivity contribution >= 4 is 5.97 Å². The topological polar surface area (TPSA) is 38.8 Å². The van der Waals surface area contributed by atoms with Crippen molar-refractivity contribution in [3.05, 3.63) is 35.4 Å². The summed E-state index contributed by atoms with van der Waals surface area (Å²) >= 11 is 0. The van der Waals surface area contributed by atoms with Crippen LogP contribution >= 0.6 is 0 Å². The second-order valence-electron chi connectivity index (χ2n) is 5.43. The van der Waals surface area contributed by atoms with Crippen LogP contribution in [0.1, 0.15) is 42.1 Å². The lowest BCUT2D eigenvalue weighted by Crippen LogP contribution is -2.35. The van der Waals surface area contributed by atoms with E-state index in [1.54, 1.807) is 0 Å². The van der Waals surface area contributed by atoms with Gasteiger partial charge in [0.2, 0.25) is 0 Å². The van der Waals surface area contributed by atoms with Gasteiger partial charge in [0.1, 0.15) is 0 Å². The Labute approximate surface area is 127 Å². The zero-order valence-corrected chi connectivity index (χ0v) is 12.8. The zero-order chi connectivity index (χ0) is 14.9. The molecule has 4 nitrogen and oxygen atoms in total. The van der Waals surface area contributed by atoms with Gasteiger partial charge in [-0.1, -0.05) is 31.9 Å². The quantitative estimate of drug-likeness (QED) is 0.572. The molecule has 1 aromatic carbocycles. The molecule has 0 amide bonds. The van der Waals surface area contributed by atoms with Gasteiger partial charge in [0.25, 0.3) is 0 Å². The second-order valence-corrected chi connectivity index (χ2v) is 5.43. The van der Waals surface area contributed by atoms with Crippen molar-refractivity contribution in [2.45, 2.75) is 32.7 Å². The van der Waals surface area contributed by atoms with E-state index in [9.17, 15) is 4.79 Å². The molecule has 0 radical (unpaired) electrons. The van der Waals surface area contributed by atoms with E-state index >= 15 is 0 Å². The normalized spacial score (nSPS) is 15.9. The first-order valence-corrected chi connectivity index (χ1v) is 7.85. The molecule has 0 atom stereocenters. The van der Waals surface area contributed by atoms with Crippen LogP contribution in [-0.2, 0) is 16.0 Å². The van der Waals surface area contributed by atoms with E-state index < -0.39 is 0 Å². The number of nitrogens with zero attached hydrogens (tertiary/aromatic N) is 1. The Bertz CT molecular complexity index is 424. The molecule has 2 rings (SSSR count). The molecule has 0 spiro atoms. The number of hydrogen-bond donors (Lipinski definition) is 0. The SMILES string of the molecule is CCCCCOC(=O)c1ccc(CN2CCOCC2)cc1. The highest BCUT2D eigenvalue weighted by molar-refractivity contribution is 5.89. The number of carbonyl (C=O) groups excluding carboxylic acids is 1. The summed E-state index contributed by atoms with van der Waals surface area (Å²) in [7, 11) is 0. The van der Waals surface area contributed by atoms with Crippen molar-refractivity contribution in [1.29, 1.82) is 0 Å². The summed E-state index contributed by atoms with van der Waals surface area (Å²) in [6.45, 7) is 7.12. The number of unbranched alkanes of at least 4 members (excludes halogenated alkanes) is 2. The third kappa shape index (κ3) is 5.48. The van der Waals surface area contributed by atoms with Gasteiger partial charge >= 0.3 is 5.97 Å². The molecule has 116 valence electrons. The third-order valence-electron chi connectivity index (χ3n) is 3.68. The molecule has 1 aliphatic rings. The van der Waals surface area contributed by atoms with Crippen LogP contribution in [0.2, 0.25) is 0 Å². The molecule has 0 unspecified atom stereocenters. The summed E-state index contributed by atoms with van der Waals surface area (Å²) in [6, 6.07) is 7.74. The van der Waals surface area contributed by atoms with Gasteiger partial charge in [0.05, 0.1) is 25.4 Å². The maximum Gasteiger partial charge on any atom is 0.338 e. The minimum atomic E-state index is -0.218. The molecular weight excluding hydrogens is 266 g/mol. The van der Waals surface area contributed by atoms with Crippen LogP contribution in [-0.4, -0.2) is 43.8 Å². The van der Waals surface area contributed by atoms with Crippen LogP contribution in [0.4, 0.5) is 0 Å². The van der Waals surface area contributed by atoms with Crippen molar-refractivity contribution in [1.82, 2.24) is 4.90 Å². The molecule has 1 saturated heterocycles. The average molecular weight is 291 g/mol. The summed E-state index contributed by atoms with van der Waals surface area (Å²) in [5.74, 6) is -0.218. The Balaban J connectivity index is 1.79. The molecule has 0 saturated carbocycles. The van der Waals surface area contributed by atoms with E-state index in [2.05, 4.69) is 11.8 Å². The minimum absolute atomic E-state index is 0.218. The molecule has 0 aromatic heterocycles. The van der Waals surface area contributed by atoms with Crippen molar-refractivity contribution < 1.29 is 14.3 Å². The van der Waals surface area contributed by atoms with E-state index in [-0.39, 0.29) is 5.97 Å². The van der Waals surface area contributed by atoms with Crippen LogP contribution in [0.25, 0.3) is 0 Å². The summed E-state index contributed by atoms with van der Waals surface area (Å²) in [5.41, 5.74) is 1.86. The highest BCUT2D eigenvalue weighted by atomic mass is 16.5. The standard InChI is InChI=1S/C17H25NO3/c1-2-3-4-11-21-17(19)16-7-5-15(6-8-16)14-18-9-12-20-13-10-18/h5-8H,2-4,9-14H2,1H3. The zero-order valence-electron chi connectivity index (χ0n) is 12.8. The highest BCUT2D eigenvalue weighted by Crippen LogP contribution is 2.10. The Kier molecular flexibility index (Phi) is 6.70. The Morgan fingerprint density at radius 2 is 1.90 bits per heavy atom. The van der Waals surface area contributed by atoms with Gasteiger partial charge < -0.3 is 9.47 Å². The van der Waals surface area contributed by atoms with Gasteiger partial charge in [-0.05, 0) is 24.1 Å².